The van der Waals surface area contributed by atoms with Crippen molar-refractivity contribution < 1.29 is 17.9 Å². The first kappa shape index (κ1) is 15.9. The Balaban J connectivity index is 2.01. The zero-order valence-corrected chi connectivity index (χ0v) is 14.3. The van der Waals surface area contributed by atoms with E-state index in [1.54, 1.807) is 19.1 Å². The van der Waals surface area contributed by atoms with Crippen LogP contribution >= 0.6 is 0 Å². The summed E-state index contributed by atoms with van der Waals surface area (Å²) in [6.45, 7) is 6.07. The van der Waals surface area contributed by atoms with E-state index in [1.165, 1.54) is 17.0 Å². The maximum atomic E-state index is 12.9. The molecule has 1 atom stereocenters. The third-order valence-electron chi connectivity index (χ3n) is 4.24. The van der Waals surface area contributed by atoms with Crippen molar-refractivity contribution in [1.29, 1.82) is 0 Å². The van der Waals surface area contributed by atoms with Gasteiger partial charge in [0.15, 0.2) is 5.88 Å². The highest BCUT2D eigenvalue weighted by Crippen LogP contribution is 2.33. The summed E-state index contributed by atoms with van der Waals surface area (Å²) >= 11 is 0. The van der Waals surface area contributed by atoms with Crippen molar-refractivity contribution in [3.8, 4) is 0 Å². The fraction of sp³-hybridized carbons (Fsp3) is 0.438. The summed E-state index contributed by atoms with van der Waals surface area (Å²) in [7, 11) is -3.88. The van der Waals surface area contributed by atoms with Crippen LogP contribution in [0.15, 0.2) is 40.6 Å². The maximum absolute atomic E-state index is 12.9. The molecule has 1 aromatic rings. The van der Waals surface area contributed by atoms with Gasteiger partial charge in [-0.2, -0.15) is 0 Å². The second kappa shape index (κ2) is 5.56. The first-order valence-corrected chi connectivity index (χ1v) is 9.05. The Morgan fingerprint density at radius 3 is 2.48 bits per heavy atom. The van der Waals surface area contributed by atoms with E-state index in [1.807, 2.05) is 13.8 Å². The molecule has 0 spiro atoms. The summed E-state index contributed by atoms with van der Waals surface area (Å²) in [4.78, 5) is 14.4. The molecule has 1 aromatic carbocycles. The van der Waals surface area contributed by atoms with Crippen LogP contribution in [0.4, 0.5) is 4.79 Å². The number of sulfonamides is 1. The predicted octanol–water partition coefficient (Wildman–Crippen LogP) is 2.46. The zero-order chi connectivity index (χ0) is 16.8. The molecule has 2 heterocycles. The van der Waals surface area contributed by atoms with Crippen molar-refractivity contribution in [3.63, 3.8) is 0 Å². The molecule has 1 fully saturated rings. The molecule has 3 rings (SSSR count). The van der Waals surface area contributed by atoms with Crippen LogP contribution in [0.3, 0.4) is 0 Å². The number of carbonyl (C=O) groups excluding carboxylic acids is 1. The van der Waals surface area contributed by atoms with Gasteiger partial charge < -0.3 is 4.74 Å². The highest BCUT2D eigenvalue weighted by atomic mass is 32.2. The Bertz CT molecular complexity index is 768. The van der Waals surface area contributed by atoms with Gasteiger partial charge in [-0.05, 0) is 32.4 Å². The monoisotopic (exact) mass is 336 g/mol. The summed E-state index contributed by atoms with van der Waals surface area (Å²) < 4.78 is 32.2. The number of nitrogens with zero attached hydrogens (tertiary/aromatic N) is 2. The van der Waals surface area contributed by atoms with Gasteiger partial charge in [0.05, 0.1) is 17.5 Å². The lowest BCUT2D eigenvalue weighted by Crippen LogP contribution is -2.51. The molecule has 0 saturated carbocycles. The molecule has 23 heavy (non-hydrogen) atoms. The lowest BCUT2D eigenvalue weighted by Gasteiger charge is -2.34. The van der Waals surface area contributed by atoms with E-state index in [9.17, 15) is 13.2 Å². The Morgan fingerprint density at radius 2 is 1.87 bits per heavy atom. The molecular formula is C16H20N2O4S. The number of hydrogen-bond acceptors (Lipinski definition) is 4. The van der Waals surface area contributed by atoms with Crippen LogP contribution in [0.25, 0.3) is 0 Å². The molecule has 1 unspecified atom stereocenters. The Kier molecular flexibility index (Phi) is 3.83. The van der Waals surface area contributed by atoms with E-state index in [2.05, 4.69) is 0 Å². The minimum atomic E-state index is -3.88. The number of carbonyl (C=O) groups is 1. The zero-order valence-electron chi connectivity index (χ0n) is 13.4. The number of fused-ring (bicyclic) bond motifs is 1. The van der Waals surface area contributed by atoms with Gasteiger partial charge in [-0.3, -0.25) is 4.90 Å². The van der Waals surface area contributed by atoms with Crippen LogP contribution in [0.2, 0.25) is 0 Å². The SMILES string of the molecule is CCC1COC2=C(C)CN(S(=O)(=O)c3ccc(C)cc3)C(=O)N21. The number of ether oxygens (including phenoxy) is 1. The quantitative estimate of drug-likeness (QED) is 0.850. The van der Waals surface area contributed by atoms with E-state index in [0.29, 0.717) is 18.9 Å². The van der Waals surface area contributed by atoms with Crippen molar-refractivity contribution in [2.24, 2.45) is 0 Å². The van der Waals surface area contributed by atoms with Crippen molar-refractivity contribution in [1.82, 2.24) is 9.21 Å². The number of urea groups is 1. The minimum absolute atomic E-state index is 0.0251. The number of aryl methyl sites for hydroxylation is 1. The molecule has 0 N–H and O–H groups in total. The van der Waals surface area contributed by atoms with Crippen LogP contribution in [-0.4, -0.2) is 42.8 Å². The van der Waals surface area contributed by atoms with Gasteiger partial charge >= 0.3 is 6.03 Å². The van der Waals surface area contributed by atoms with Gasteiger partial charge in [0.25, 0.3) is 10.0 Å². The predicted molar refractivity (Wildman–Crippen MR) is 85.0 cm³/mol. The third kappa shape index (κ3) is 2.49. The molecule has 1 saturated heterocycles. The van der Waals surface area contributed by atoms with Crippen molar-refractivity contribution in [2.75, 3.05) is 13.2 Å². The summed E-state index contributed by atoms with van der Waals surface area (Å²) in [6.07, 6.45) is 0.709. The van der Waals surface area contributed by atoms with E-state index < -0.39 is 16.1 Å². The Hall–Kier alpha value is -2.02. The second-order valence-corrected chi connectivity index (χ2v) is 7.80. The molecule has 0 bridgehead atoms. The summed E-state index contributed by atoms with van der Waals surface area (Å²) in [5.74, 6) is 0.511. The highest BCUT2D eigenvalue weighted by Gasteiger charge is 2.45. The van der Waals surface area contributed by atoms with Gasteiger partial charge in [0.1, 0.15) is 6.61 Å². The van der Waals surface area contributed by atoms with E-state index in [4.69, 9.17) is 4.74 Å². The normalized spacial score (nSPS) is 21.5. The average Bonchev–Trinajstić information content (AvgIpc) is 2.96. The third-order valence-corrected chi connectivity index (χ3v) is 5.98. The topological polar surface area (TPSA) is 66.9 Å². The molecule has 7 heteroatoms. The number of rotatable bonds is 3. The first-order valence-electron chi connectivity index (χ1n) is 7.61. The molecule has 0 aliphatic carbocycles. The molecular weight excluding hydrogens is 316 g/mol. The lowest BCUT2D eigenvalue weighted by atomic mass is 10.2. The fourth-order valence-corrected chi connectivity index (χ4v) is 4.25. The van der Waals surface area contributed by atoms with E-state index in [-0.39, 0.29) is 17.5 Å². The fourth-order valence-electron chi connectivity index (χ4n) is 2.85. The highest BCUT2D eigenvalue weighted by molar-refractivity contribution is 7.89. The van der Waals surface area contributed by atoms with Crippen LogP contribution in [0, 0.1) is 6.92 Å². The van der Waals surface area contributed by atoms with Gasteiger partial charge in [0.2, 0.25) is 0 Å². The van der Waals surface area contributed by atoms with Crippen LogP contribution in [0.1, 0.15) is 25.8 Å². The van der Waals surface area contributed by atoms with Gasteiger partial charge in [0, 0.05) is 5.57 Å². The Labute approximate surface area is 136 Å². The maximum Gasteiger partial charge on any atom is 0.341 e. The van der Waals surface area contributed by atoms with Gasteiger partial charge in [-0.15, -0.1) is 0 Å². The standard InChI is InChI=1S/C16H20N2O4S/c1-4-13-10-22-15-12(3)9-17(16(19)18(13)15)23(20,21)14-7-5-11(2)6-8-14/h5-8,13H,4,9-10H2,1-3H3. The first-order chi connectivity index (χ1) is 10.9. The largest absolute Gasteiger partial charge is 0.476 e. The molecule has 0 radical (unpaired) electrons. The molecule has 0 aromatic heterocycles. The van der Waals surface area contributed by atoms with Crippen molar-refractivity contribution in [2.45, 2.75) is 38.1 Å². The van der Waals surface area contributed by atoms with Crippen molar-refractivity contribution in [3.05, 3.63) is 41.3 Å². The van der Waals surface area contributed by atoms with Crippen LogP contribution < -0.4 is 0 Å². The summed E-state index contributed by atoms with van der Waals surface area (Å²) in [6, 6.07) is 5.86. The smallest absolute Gasteiger partial charge is 0.341 e. The van der Waals surface area contributed by atoms with Crippen LogP contribution in [-0.2, 0) is 14.8 Å². The second-order valence-electron chi connectivity index (χ2n) is 5.94. The molecule has 2 aliphatic rings. The average molecular weight is 336 g/mol. The molecule has 6 nitrogen and oxygen atoms in total. The number of benzene rings is 1. The van der Waals surface area contributed by atoms with E-state index in [0.717, 1.165) is 15.4 Å². The molecule has 124 valence electrons. The van der Waals surface area contributed by atoms with Crippen molar-refractivity contribution >= 4 is 16.1 Å². The minimum Gasteiger partial charge on any atom is -0.476 e. The molecule has 2 aliphatic heterocycles. The Morgan fingerprint density at radius 1 is 1.22 bits per heavy atom. The van der Waals surface area contributed by atoms with Crippen LogP contribution in [0.5, 0.6) is 0 Å². The van der Waals surface area contributed by atoms with Gasteiger partial charge in [-0.25, -0.2) is 17.5 Å². The number of amides is 2. The number of hydrogen-bond donors (Lipinski definition) is 0. The summed E-state index contributed by atoms with van der Waals surface area (Å²) in [5, 5.41) is 0. The summed E-state index contributed by atoms with van der Waals surface area (Å²) in [5.41, 5.74) is 1.71. The van der Waals surface area contributed by atoms with E-state index >= 15 is 0 Å². The lowest BCUT2D eigenvalue weighted by molar-refractivity contribution is 0.167. The molecule has 2 amide bonds. The van der Waals surface area contributed by atoms with Gasteiger partial charge in [-0.1, -0.05) is 24.6 Å².